The molecule has 0 aromatic heterocycles. The molecule has 2 N–H and O–H groups in total. The second kappa shape index (κ2) is 7.44. The normalized spacial score (nSPS) is 11.8. The van der Waals surface area contributed by atoms with Gasteiger partial charge in [-0.05, 0) is 6.42 Å². The average molecular weight is 125 g/mol. The van der Waals surface area contributed by atoms with Gasteiger partial charge in [0, 0.05) is 6.54 Å². The standard InChI is InChI=1S/C8H15N/c1-2-3-4-5-6-7-8-9/h4-7H,2-3,8-9H2,1H3/b5-4+,7-6+. The summed E-state index contributed by atoms with van der Waals surface area (Å²) in [6.45, 7) is 2.80. The molecule has 0 rings (SSSR count). The number of rotatable bonds is 4. The highest BCUT2D eigenvalue weighted by Gasteiger charge is 1.68. The quantitative estimate of drug-likeness (QED) is 0.570. The largest absolute Gasteiger partial charge is 0.327 e. The first-order valence-electron chi connectivity index (χ1n) is 3.43. The van der Waals surface area contributed by atoms with E-state index in [1.165, 1.54) is 6.42 Å². The Balaban J connectivity index is 3.13. The highest BCUT2D eigenvalue weighted by atomic mass is 14.5. The smallest absolute Gasteiger partial charge is 0.0109 e. The maximum absolute atomic E-state index is 5.22. The van der Waals surface area contributed by atoms with Crippen LogP contribution in [0.4, 0.5) is 0 Å². The molecule has 0 saturated heterocycles. The van der Waals surface area contributed by atoms with Crippen molar-refractivity contribution in [1.82, 2.24) is 0 Å². The molecule has 0 spiro atoms. The third kappa shape index (κ3) is 7.44. The molecule has 52 valence electrons. The fourth-order valence-electron chi connectivity index (χ4n) is 0.499. The van der Waals surface area contributed by atoms with E-state index in [-0.39, 0.29) is 0 Å². The predicted octanol–water partition coefficient (Wildman–Crippen LogP) is 1.86. The molecule has 0 aliphatic rings. The molecule has 0 bridgehead atoms. The van der Waals surface area contributed by atoms with Gasteiger partial charge in [0.15, 0.2) is 0 Å². The van der Waals surface area contributed by atoms with Crippen LogP contribution in [0.15, 0.2) is 24.3 Å². The second-order valence-electron chi connectivity index (χ2n) is 1.88. The minimum absolute atomic E-state index is 0.635. The predicted molar refractivity (Wildman–Crippen MR) is 42.2 cm³/mol. The van der Waals surface area contributed by atoms with Gasteiger partial charge in [0.2, 0.25) is 0 Å². The van der Waals surface area contributed by atoms with Crippen molar-refractivity contribution in [2.75, 3.05) is 6.54 Å². The zero-order valence-electron chi connectivity index (χ0n) is 6.01. The number of nitrogens with two attached hydrogens (primary N) is 1. The van der Waals surface area contributed by atoms with Gasteiger partial charge >= 0.3 is 0 Å². The summed E-state index contributed by atoms with van der Waals surface area (Å²) in [4.78, 5) is 0. The van der Waals surface area contributed by atoms with Gasteiger partial charge in [-0.15, -0.1) is 0 Å². The van der Waals surface area contributed by atoms with Crippen molar-refractivity contribution in [2.45, 2.75) is 19.8 Å². The summed E-state index contributed by atoms with van der Waals surface area (Å²) in [5.41, 5.74) is 5.22. The highest BCUT2D eigenvalue weighted by Crippen LogP contribution is 1.87. The maximum atomic E-state index is 5.22. The molecule has 9 heavy (non-hydrogen) atoms. The van der Waals surface area contributed by atoms with Crippen LogP contribution in [0.2, 0.25) is 0 Å². The van der Waals surface area contributed by atoms with Crippen molar-refractivity contribution in [3.63, 3.8) is 0 Å². The molecule has 0 atom stereocenters. The first-order valence-corrected chi connectivity index (χ1v) is 3.43. The first-order chi connectivity index (χ1) is 4.41. The summed E-state index contributed by atoms with van der Waals surface area (Å²) in [7, 11) is 0. The highest BCUT2D eigenvalue weighted by molar-refractivity contribution is 5.02. The molecule has 1 heteroatoms. The van der Waals surface area contributed by atoms with Crippen LogP contribution in [0.25, 0.3) is 0 Å². The molecule has 0 aliphatic carbocycles. The van der Waals surface area contributed by atoms with E-state index < -0.39 is 0 Å². The lowest BCUT2D eigenvalue weighted by Gasteiger charge is -1.79. The zero-order chi connectivity index (χ0) is 6.95. The second-order valence-corrected chi connectivity index (χ2v) is 1.88. The van der Waals surface area contributed by atoms with Crippen LogP contribution in [0.5, 0.6) is 0 Å². The van der Waals surface area contributed by atoms with E-state index in [4.69, 9.17) is 5.73 Å². The van der Waals surface area contributed by atoms with Gasteiger partial charge in [0.25, 0.3) is 0 Å². The number of allylic oxidation sites excluding steroid dienone is 3. The number of hydrogen-bond donors (Lipinski definition) is 1. The van der Waals surface area contributed by atoms with E-state index in [1.54, 1.807) is 0 Å². The molecule has 0 fully saturated rings. The van der Waals surface area contributed by atoms with Crippen LogP contribution in [-0.4, -0.2) is 6.54 Å². The van der Waals surface area contributed by atoms with Crippen LogP contribution in [-0.2, 0) is 0 Å². The lowest BCUT2D eigenvalue weighted by atomic mass is 10.3. The third-order valence-corrected chi connectivity index (χ3v) is 0.975. The number of hydrogen-bond acceptors (Lipinski definition) is 1. The molecule has 0 aliphatic heterocycles. The Morgan fingerprint density at radius 3 is 2.44 bits per heavy atom. The molecule has 0 aromatic rings. The Morgan fingerprint density at radius 2 is 1.89 bits per heavy atom. The van der Waals surface area contributed by atoms with E-state index in [0.717, 1.165) is 6.42 Å². The summed E-state index contributed by atoms with van der Waals surface area (Å²) in [6, 6.07) is 0. The van der Waals surface area contributed by atoms with Gasteiger partial charge in [-0.25, -0.2) is 0 Å². The summed E-state index contributed by atoms with van der Waals surface area (Å²) in [6.07, 6.45) is 10.5. The van der Waals surface area contributed by atoms with Crippen molar-refractivity contribution in [1.29, 1.82) is 0 Å². The SMILES string of the molecule is CCC/C=C/C=C/CN. The molecular formula is C8H15N. The van der Waals surface area contributed by atoms with Crippen LogP contribution < -0.4 is 5.73 Å². The summed E-state index contributed by atoms with van der Waals surface area (Å²) in [5, 5.41) is 0. The van der Waals surface area contributed by atoms with Gasteiger partial charge < -0.3 is 5.73 Å². The minimum Gasteiger partial charge on any atom is -0.327 e. The minimum atomic E-state index is 0.635. The van der Waals surface area contributed by atoms with Crippen molar-refractivity contribution < 1.29 is 0 Å². The zero-order valence-corrected chi connectivity index (χ0v) is 6.01. The monoisotopic (exact) mass is 125 g/mol. The summed E-state index contributed by atoms with van der Waals surface area (Å²) >= 11 is 0. The Labute approximate surface area is 57.3 Å². The van der Waals surface area contributed by atoms with Crippen LogP contribution >= 0.6 is 0 Å². The van der Waals surface area contributed by atoms with Gasteiger partial charge in [-0.1, -0.05) is 37.6 Å². The van der Waals surface area contributed by atoms with E-state index in [1.807, 2.05) is 18.2 Å². The third-order valence-electron chi connectivity index (χ3n) is 0.975. The van der Waals surface area contributed by atoms with Gasteiger partial charge in [-0.3, -0.25) is 0 Å². The molecule has 0 unspecified atom stereocenters. The van der Waals surface area contributed by atoms with Gasteiger partial charge in [-0.2, -0.15) is 0 Å². The Kier molecular flexibility index (Phi) is 6.98. The van der Waals surface area contributed by atoms with Crippen molar-refractivity contribution >= 4 is 0 Å². The molecular weight excluding hydrogens is 110 g/mol. The molecule has 0 aromatic carbocycles. The first kappa shape index (κ1) is 8.44. The van der Waals surface area contributed by atoms with Gasteiger partial charge in [0.05, 0.1) is 0 Å². The van der Waals surface area contributed by atoms with Crippen LogP contribution in [0.3, 0.4) is 0 Å². The van der Waals surface area contributed by atoms with Gasteiger partial charge in [0.1, 0.15) is 0 Å². The Bertz CT molecular complexity index is 92.7. The molecule has 1 nitrogen and oxygen atoms in total. The Hall–Kier alpha value is -0.560. The molecule has 0 heterocycles. The Morgan fingerprint density at radius 1 is 1.22 bits per heavy atom. The lowest BCUT2D eigenvalue weighted by Crippen LogP contribution is -1.91. The van der Waals surface area contributed by atoms with E-state index in [9.17, 15) is 0 Å². The van der Waals surface area contributed by atoms with Crippen LogP contribution in [0.1, 0.15) is 19.8 Å². The van der Waals surface area contributed by atoms with E-state index in [0.29, 0.717) is 6.54 Å². The molecule has 0 radical (unpaired) electrons. The van der Waals surface area contributed by atoms with Crippen molar-refractivity contribution in [3.8, 4) is 0 Å². The number of unbranched alkanes of at least 4 members (excludes halogenated alkanes) is 1. The van der Waals surface area contributed by atoms with Crippen LogP contribution in [0, 0.1) is 0 Å². The van der Waals surface area contributed by atoms with E-state index in [2.05, 4.69) is 13.0 Å². The lowest BCUT2D eigenvalue weighted by molar-refractivity contribution is 0.959. The maximum Gasteiger partial charge on any atom is 0.0109 e. The fourth-order valence-corrected chi connectivity index (χ4v) is 0.499. The summed E-state index contributed by atoms with van der Waals surface area (Å²) < 4.78 is 0. The topological polar surface area (TPSA) is 26.0 Å². The average Bonchev–Trinajstić information content (AvgIpc) is 1.89. The van der Waals surface area contributed by atoms with E-state index >= 15 is 0 Å². The molecule has 0 saturated carbocycles. The molecule has 0 amide bonds. The fraction of sp³-hybridized carbons (Fsp3) is 0.500. The van der Waals surface area contributed by atoms with Crippen molar-refractivity contribution in [3.05, 3.63) is 24.3 Å². The van der Waals surface area contributed by atoms with Crippen molar-refractivity contribution in [2.24, 2.45) is 5.73 Å². The summed E-state index contributed by atoms with van der Waals surface area (Å²) in [5.74, 6) is 0.